The van der Waals surface area contributed by atoms with E-state index in [2.05, 4.69) is 15.2 Å². The standard InChI is InChI=1S/C12H21N3O2/c1-13-6-11-9-17-12(14-11)15-5-3-4-10(7-15)8-16-2/h9-10,13H,3-8H2,1-2H3. The first-order valence-corrected chi connectivity index (χ1v) is 6.16. The van der Waals surface area contributed by atoms with Crippen LogP contribution in [-0.2, 0) is 11.3 Å². The van der Waals surface area contributed by atoms with Crippen LogP contribution in [0.15, 0.2) is 10.7 Å². The zero-order valence-corrected chi connectivity index (χ0v) is 10.6. The minimum atomic E-state index is 0.591. The Morgan fingerprint density at radius 3 is 3.29 bits per heavy atom. The number of piperidine rings is 1. The Labute approximate surface area is 102 Å². The lowest BCUT2D eigenvalue weighted by Gasteiger charge is -2.31. The maximum atomic E-state index is 5.52. The fourth-order valence-electron chi connectivity index (χ4n) is 2.31. The Morgan fingerprint density at radius 2 is 2.53 bits per heavy atom. The van der Waals surface area contributed by atoms with Crippen molar-refractivity contribution in [2.45, 2.75) is 19.4 Å². The van der Waals surface area contributed by atoms with Crippen molar-refractivity contribution in [2.24, 2.45) is 5.92 Å². The van der Waals surface area contributed by atoms with Gasteiger partial charge in [-0.2, -0.15) is 4.98 Å². The van der Waals surface area contributed by atoms with Gasteiger partial charge in [-0.05, 0) is 25.8 Å². The van der Waals surface area contributed by atoms with Crippen LogP contribution in [0.1, 0.15) is 18.5 Å². The van der Waals surface area contributed by atoms with Gasteiger partial charge < -0.3 is 19.4 Å². The fraction of sp³-hybridized carbons (Fsp3) is 0.750. The van der Waals surface area contributed by atoms with Gasteiger partial charge in [0.1, 0.15) is 6.26 Å². The van der Waals surface area contributed by atoms with Crippen LogP contribution in [-0.4, -0.2) is 38.8 Å². The summed E-state index contributed by atoms with van der Waals surface area (Å²) in [7, 11) is 3.67. The molecule has 1 aromatic rings. The van der Waals surface area contributed by atoms with Crippen LogP contribution < -0.4 is 10.2 Å². The van der Waals surface area contributed by atoms with Crippen molar-refractivity contribution >= 4 is 6.01 Å². The molecule has 0 spiro atoms. The van der Waals surface area contributed by atoms with Gasteiger partial charge >= 0.3 is 0 Å². The predicted molar refractivity (Wildman–Crippen MR) is 66.1 cm³/mol. The van der Waals surface area contributed by atoms with Gasteiger partial charge in [-0.15, -0.1) is 0 Å². The van der Waals surface area contributed by atoms with Gasteiger partial charge in [0.05, 0.1) is 12.3 Å². The number of oxazole rings is 1. The maximum Gasteiger partial charge on any atom is 0.297 e. The normalized spacial score (nSPS) is 20.8. The summed E-state index contributed by atoms with van der Waals surface area (Å²) >= 11 is 0. The molecule has 1 saturated heterocycles. The van der Waals surface area contributed by atoms with Crippen molar-refractivity contribution in [3.05, 3.63) is 12.0 Å². The molecule has 0 radical (unpaired) electrons. The number of nitrogens with zero attached hydrogens (tertiary/aromatic N) is 2. The van der Waals surface area contributed by atoms with Crippen molar-refractivity contribution in [3.8, 4) is 0 Å². The second-order valence-electron chi connectivity index (χ2n) is 4.56. The van der Waals surface area contributed by atoms with Crippen molar-refractivity contribution in [1.29, 1.82) is 0 Å². The summed E-state index contributed by atoms with van der Waals surface area (Å²) in [4.78, 5) is 6.69. The van der Waals surface area contributed by atoms with Gasteiger partial charge in [0.15, 0.2) is 0 Å². The van der Waals surface area contributed by atoms with Crippen LogP contribution >= 0.6 is 0 Å². The smallest absolute Gasteiger partial charge is 0.297 e. The predicted octanol–water partition coefficient (Wildman–Crippen LogP) is 1.26. The largest absolute Gasteiger partial charge is 0.432 e. The highest BCUT2D eigenvalue weighted by Crippen LogP contribution is 2.22. The molecule has 0 amide bonds. The number of hydrogen-bond donors (Lipinski definition) is 1. The van der Waals surface area contributed by atoms with Gasteiger partial charge in [0.2, 0.25) is 0 Å². The number of hydrogen-bond acceptors (Lipinski definition) is 5. The molecule has 0 aromatic carbocycles. The molecule has 1 atom stereocenters. The van der Waals surface area contributed by atoms with E-state index in [1.807, 2.05) is 7.05 Å². The minimum Gasteiger partial charge on any atom is -0.432 e. The van der Waals surface area contributed by atoms with Crippen molar-refractivity contribution < 1.29 is 9.15 Å². The summed E-state index contributed by atoms with van der Waals surface area (Å²) < 4.78 is 10.7. The van der Waals surface area contributed by atoms with E-state index >= 15 is 0 Å². The molecular formula is C12H21N3O2. The second-order valence-corrected chi connectivity index (χ2v) is 4.56. The molecule has 0 bridgehead atoms. The van der Waals surface area contributed by atoms with E-state index in [1.165, 1.54) is 12.8 Å². The molecule has 5 nitrogen and oxygen atoms in total. The average molecular weight is 239 g/mol. The van der Waals surface area contributed by atoms with Crippen LogP contribution in [0.3, 0.4) is 0 Å². The number of nitrogens with one attached hydrogen (secondary N) is 1. The fourth-order valence-corrected chi connectivity index (χ4v) is 2.31. The Bertz CT molecular complexity index is 338. The topological polar surface area (TPSA) is 50.5 Å². The van der Waals surface area contributed by atoms with Gasteiger partial charge in [0, 0.05) is 26.7 Å². The third kappa shape index (κ3) is 3.20. The second kappa shape index (κ2) is 6.02. The highest BCUT2D eigenvalue weighted by molar-refractivity contribution is 5.27. The van der Waals surface area contributed by atoms with Gasteiger partial charge in [-0.25, -0.2) is 0 Å². The molecule has 0 aliphatic carbocycles. The number of rotatable bonds is 5. The zero-order valence-electron chi connectivity index (χ0n) is 10.6. The van der Waals surface area contributed by atoms with E-state index < -0.39 is 0 Å². The molecule has 0 saturated carbocycles. The van der Waals surface area contributed by atoms with E-state index in [9.17, 15) is 0 Å². The van der Waals surface area contributed by atoms with Crippen molar-refractivity contribution in [1.82, 2.24) is 10.3 Å². The summed E-state index contributed by atoms with van der Waals surface area (Å²) in [6, 6.07) is 0.746. The molecule has 1 aliphatic heterocycles. The Balaban J connectivity index is 1.95. The molecule has 1 N–H and O–H groups in total. The van der Waals surface area contributed by atoms with E-state index in [1.54, 1.807) is 13.4 Å². The molecule has 96 valence electrons. The molecule has 2 rings (SSSR count). The lowest BCUT2D eigenvalue weighted by Crippen LogP contribution is -2.37. The third-order valence-corrected chi connectivity index (χ3v) is 3.09. The molecule has 1 unspecified atom stereocenters. The van der Waals surface area contributed by atoms with Gasteiger partial charge in [0.25, 0.3) is 6.01 Å². The molecular weight excluding hydrogens is 218 g/mol. The molecule has 1 fully saturated rings. The Hall–Kier alpha value is -1.07. The number of anilines is 1. The van der Waals surface area contributed by atoms with E-state index in [4.69, 9.17) is 9.15 Å². The maximum absolute atomic E-state index is 5.52. The lowest BCUT2D eigenvalue weighted by molar-refractivity contribution is 0.142. The highest BCUT2D eigenvalue weighted by atomic mass is 16.5. The summed E-state index contributed by atoms with van der Waals surface area (Å²) in [5, 5.41) is 3.07. The summed E-state index contributed by atoms with van der Waals surface area (Å²) in [6.45, 7) is 3.58. The van der Waals surface area contributed by atoms with Crippen LogP contribution in [0, 0.1) is 5.92 Å². The number of aromatic nitrogens is 1. The van der Waals surface area contributed by atoms with Crippen LogP contribution in [0.2, 0.25) is 0 Å². The summed E-state index contributed by atoms with van der Waals surface area (Å²) in [6.07, 6.45) is 4.14. The van der Waals surface area contributed by atoms with Gasteiger partial charge in [-0.3, -0.25) is 0 Å². The lowest BCUT2D eigenvalue weighted by atomic mass is 9.99. The number of ether oxygens (including phenoxy) is 1. The average Bonchev–Trinajstić information content (AvgIpc) is 2.79. The van der Waals surface area contributed by atoms with Crippen LogP contribution in [0.25, 0.3) is 0 Å². The monoisotopic (exact) mass is 239 g/mol. The van der Waals surface area contributed by atoms with E-state index in [-0.39, 0.29) is 0 Å². The first-order chi connectivity index (χ1) is 8.33. The number of methoxy groups -OCH3 is 1. The van der Waals surface area contributed by atoms with Crippen molar-refractivity contribution in [2.75, 3.05) is 38.8 Å². The van der Waals surface area contributed by atoms with Crippen molar-refractivity contribution in [3.63, 3.8) is 0 Å². The highest BCUT2D eigenvalue weighted by Gasteiger charge is 2.22. The van der Waals surface area contributed by atoms with E-state index in [0.29, 0.717) is 5.92 Å². The van der Waals surface area contributed by atoms with Crippen LogP contribution in [0.4, 0.5) is 6.01 Å². The molecule has 5 heteroatoms. The SMILES string of the molecule is CNCc1coc(N2CCCC(COC)C2)n1. The minimum absolute atomic E-state index is 0.591. The third-order valence-electron chi connectivity index (χ3n) is 3.09. The van der Waals surface area contributed by atoms with Gasteiger partial charge in [-0.1, -0.05) is 0 Å². The zero-order chi connectivity index (χ0) is 12.1. The Kier molecular flexibility index (Phi) is 4.39. The first kappa shape index (κ1) is 12.4. The Morgan fingerprint density at radius 1 is 1.65 bits per heavy atom. The quantitative estimate of drug-likeness (QED) is 0.838. The summed E-state index contributed by atoms with van der Waals surface area (Å²) in [5.41, 5.74) is 0.955. The van der Waals surface area contributed by atoms with E-state index in [0.717, 1.165) is 37.9 Å². The van der Waals surface area contributed by atoms with Crippen LogP contribution in [0.5, 0.6) is 0 Å². The first-order valence-electron chi connectivity index (χ1n) is 6.16. The molecule has 2 heterocycles. The molecule has 17 heavy (non-hydrogen) atoms. The molecule has 1 aliphatic rings. The molecule has 1 aromatic heterocycles. The summed E-state index contributed by atoms with van der Waals surface area (Å²) in [5.74, 6) is 0.591.